The molecule has 0 aliphatic carbocycles. The van der Waals surface area contributed by atoms with E-state index in [1.807, 2.05) is 6.07 Å². The van der Waals surface area contributed by atoms with E-state index in [0.29, 0.717) is 17.7 Å². The van der Waals surface area contributed by atoms with Gasteiger partial charge >= 0.3 is 0 Å². The quantitative estimate of drug-likeness (QED) is 0.616. The molecule has 0 unspecified atom stereocenters. The fraction of sp³-hybridized carbons (Fsp3) is 0.333. The van der Waals surface area contributed by atoms with E-state index >= 15 is 0 Å². The Morgan fingerprint density at radius 2 is 1.77 bits per heavy atom. The van der Waals surface area contributed by atoms with Gasteiger partial charge in [0.05, 0.1) is 17.7 Å². The summed E-state index contributed by atoms with van der Waals surface area (Å²) in [5.41, 5.74) is 3.59. The number of amides is 2. The van der Waals surface area contributed by atoms with Gasteiger partial charge in [0.2, 0.25) is 0 Å². The summed E-state index contributed by atoms with van der Waals surface area (Å²) in [4.78, 5) is 25.9. The first kappa shape index (κ1) is 16.8. The van der Waals surface area contributed by atoms with Crippen molar-refractivity contribution in [3.05, 3.63) is 64.7 Å². The summed E-state index contributed by atoms with van der Waals surface area (Å²) in [6.45, 7) is 2.94. The lowest BCUT2D eigenvalue weighted by Gasteiger charge is -2.13. The summed E-state index contributed by atoms with van der Waals surface area (Å²) in [7, 11) is 0. The minimum atomic E-state index is -0.168. The Labute approximate surface area is 153 Å². The van der Waals surface area contributed by atoms with Gasteiger partial charge in [-0.2, -0.15) is 0 Å². The predicted molar refractivity (Wildman–Crippen MR) is 98.4 cm³/mol. The molecule has 4 rings (SSSR count). The number of rotatable bonds is 7. The highest BCUT2D eigenvalue weighted by atomic mass is 16.5. The number of fused-ring (bicyclic) bond motifs is 2. The average molecular weight is 350 g/mol. The third-order valence-corrected chi connectivity index (χ3v) is 4.95. The van der Waals surface area contributed by atoms with Gasteiger partial charge in [-0.05, 0) is 48.7 Å². The van der Waals surface area contributed by atoms with Gasteiger partial charge in [0, 0.05) is 19.5 Å². The zero-order chi connectivity index (χ0) is 17.9. The fourth-order valence-electron chi connectivity index (χ4n) is 3.54. The van der Waals surface area contributed by atoms with E-state index in [1.165, 1.54) is 16.0 Å². The number of hydrogen-bond donors (Lipinski definition) is 1. The number of ether oxygens (including phenoxy) is 1. The molecule has 2 aromatic carbocycles. The molecule has 2 heterocycles. The Kier molecular flexibility index (Phi) is 4.71. The minimum absolute atomic E-state index is 0.168. The van der Waals surface area contributed by atoms with E-state index in [9.17, 15) is 9.59 Å². The predicted octanol–water partition coefficient (Wildman–Crippen LogP) is 2.79. The first-order valence-corrected chi connectivity index (χ1v) is 9.14. The number of benzene rings is 2. The standard InChI is InChI=1S/C21H22N2O3/c24-20-17-5-1-2-6-18(17)21(25)23(20)11-4-3-10-22-14-15-7-8-19-16(13-15)9-12-26-19/h1-2,5-8,13,22H,3-4,9-12,14H2. The Morgan fingerprint density at radius 3 is 2.54 bits per heavy atom. The number of nitrogens with zero attached hydrogens (tertiary/aromatic N) is 1. The molecule has 2 aromatic rings. The van der Waals surface area contributed by atoms with Crippen molar-refractivity contribution in [2.75, 3.05) is 19.7 Å². The molecule has 0 bridgehead atoms. The van der Waals surface area contributed by atoms with Crippen LogP contribution in [0.15, 0.2) is 42.5 Å². The van der Waals surface area contributed by atoms with Crippen LogP contribution in [0, 0.1) is 0 Å². The van der Waals surface area contributed by atoms with Crippen LogP contribution in [0.25, 0.3) is 0 Å². The minimum Gasteiger partial charge on any atom is -0.493 e. The number of imide groups is 1. The van der Waals surface area contributed by atoms with Gasteiger partial charge in [0.15, 0.2) is 0 Å². The smallest absolute Gasteiger partial charge is 0.261 e. The topological polar surface area (TPSA) is 58.6 Å². The fourth-order valence-corrected chi connectivity index (χ4v) is 3.54. The molecule has 2 aliphatic rings. The van der Waals surface area contributed by atoms with Crippen LogP contribution in [0.1, 0.15) is 44.7 Å². The molecule has 1 N–H and O–H groups in total. The Balaban J connectivity index is 1.19. The van der Waals surface area contributed by atoms with E-state index in [4.69, 9.17) is 4.74 Å². The average Bonchev–Trinajstić information content (AvgIpc) is 3.22. The first-order chi connectivity index (χ1) is 12.7. The number of nitrogens with one attached hydrogen (secondary N) is 1. The maximum atomic E-state index is 12.3. The molecule has 26 heavy (non-hydrogen) atoms. The number of hydrogen-bond acceptors (Lipinski definition) is 4. The Morgan fingerprint density at radius 1 is 1.00 bits per heavy atom. The molecule has 0 atom stereocenters. The summed E-state index contributed by atoms with van der Waals surface area (Å²) in [6, 6.07) is 13.4. The number of carbonyl (C=O) groups excluding carboxylic acids is 2. The maximum absolute atomic E-state index is 12.3. The highest BCUT2D eigenvalue weighted by molar-refractivity contribution is 6.21. The lowest BCUT2D eigenvalue weighted by Crippen LogP contribution is -2.31. The third kappa shape index (κ3) is 3.22. The van der Waals surface area contributed by atoms with Crippen LogP contribution in [-0.2, 0) is 13.0 Å². The molecule has 5 heteroatoms. The molecular formula is C21H22N2O3. The molecule has 5 nitrogen and oxygen atoms in total. The summed E-state index contributed by atoms with van der Waals surface area (Å²) in [5.74, 6) is 0.674. The van der Waals surface area contributed by atoms with E-state index in [1.54, 1.807) is 24.3 Å². The first-order valence-electron chi connectivity index (χ1n) is 9.14. The zero-order valence-electron chi connectivity index (χ0n) is 14.7. The van der Waals surface area contributed by atoms with Gasteiger partial charge in [-0.15, -0.1) is 0 Å². The van der Waals surface area contributed by atoms with E-state index in [2.05, 4.69) is 17.4 Å². The molecule has 2 amide bonds. The highest BCUT2D eigenvalue weighted by Crippen LogP contribution is 2.26. The van der Waals surface area contributed by atoms with Crippen LogP contribution in [0.4, 0.5) is 0 Å². The molecular weight excluding hydrogens is 328 g/mol. The Hall–Kier alpha value is -2.66. The third-order valence-electron chi connectivity index (χ3n) is 4.95. The second-order valence-corrected chi connectivity index (χ2v) is 6.73. The molecule has 0 spiro atoms. The van der Waals surface area contributed by atoms with Crippen molar-refractivity contribution in [1.29, 1.82) is 0 Å². The van der Waals surface area contributed by atoms with Crippen LogP contribution >= 0.6 is 0 Å². The molecule has 0 fully saturated rings. The summed E-state index contributed by atoms with van der Waals surface area (Å²) < 4.78 is 5.52. The molecule has 0 saturated heterocycles. The zero-order valence-corrected chi connectivity index (χ0v) is 14.7. The normalized spacial score (nSPS) is 15.2. The van der Waals surface area contributed by atoms with Crippen LogP contribution in [-0.4, -0.2) is 36.4 Å². The number of unbranched alkanes of at least 4 members (excludes halogenated alkanes) is 1. The van der Waals surface area contributed by atoms with Gasteiger partial charge in [0.1, 0.15) is 5.75 Å². The van der Waals surface area contributed by atoms with Gasteiger partial charge in [-0.3, -0.25) is 14.5 Å². The van der Waals surface area contributed by atoms with Gasteiger partial charge in [-0.1, -0.05) is 24.3 Å². The monoisotopic (exact) mass is 350 g/mol. The van der Waals surface area contributed by atoms with E-state index < -0.39 is 0 Å². The van der Waals surface area contributed by atoms with Crippen LogP contribution in [0.2, 0.25) is 0 Å². The van der Waals surface area contributed by atoms with Crippen LogP contribution in [0.3, 0.4) is 0 Å². The molecule has 0 aromatic heterocycles. The van der Waals surface area contributed by atoms with Gasteiger partial charge in [-0.25, -0.2) is 0 Å². The van der Waals surface area contributed by atoms with Crippen molar-refractivity contribution < 1.29 is 14.3 Å². The van der Waals surface area contributed by atoms with Crippen molar-refractivity contribution in [2.45, 2.75) is 25.8 Å². The second-order valence-electron chi connectivity index (χ2n) is 6.73. The van der Waals surface area contributed by atoms with Crippen LogP contribution < -0.4 is 10.1 Å². The van der Waals surface area contributed by atoms with Gasteiger partial charge < -0.3 is 10.1 Å². The highest BCUT2D eigenvalue weighted by Gasteiger charge is 2.34. The number of carbonyl (C=O) groups is 2. The van der Waals surface area contributed by atoms with E-state index in [0.717, 1.165) is 44.7 Å². The van der Waals surface area contributed by atoms with Crippen molar-refractivity contribution >= 4 is 11.8 Å². The summed E-state index contributed by atoms with van der Waals surface area (Å²) in [6.07, 6.45) is 2.71. The molecule has 134 valence electrons. The van der Waals surface area contributed by atoms with Gasteiger partial charge in [0.25, 0.3) is 11.8 Å². The van der Waals surface area contributed by atoms with Crippen molar-refractivity contribution in [3.8, 4) is 5.75 Å². The molecule has 2 aliphatic heterocycles. The Bertz CT molecular complexity index is 812. The molecule has 0 saturated carbocycles. The van der Waals surface area contributed by atoms with E-state index in [-0.39, 0.29) is 11.8 Å². The second kappa shape index (κ2) is 7.30. The maximum Gasteiger partial charge on any atom is 0.261 e. The lowest BCUT2D eigenvalue weighted by atomic mass is 10.1. The lowest BCUT2D eigenvalue weighted by molar-refractivity contribution is 0.0651. The van der Waals surface area contributed by atoms with Crippen LogP contribution in [0.5, 0.6) is 5.75 Å². The largest absolute Gasteiger partial charge is 0.493 e. The van der Waals surface area contributed by atoms with Crippen molar-refractivity contribution in [2.24, 2.45) is 0 Å². The molecule has 0 radical (unpaired) electrons. The summed E-state index contributed by atoms with van der Waals surface area (Å²) in [5, 5.41) is 3.43. The summed E-state index contributed by atoms with van der Waals surface area (Å²) >= 11 is 0. The SMILES string of the molecule is O=C1c2ccccc2C(=O)N1CCCCNCc1ccc2c(c1)CCO2. The van der Waals surface area contributed by atoms with Crippen molar-refractivity contribution in [3.63, 3.8) is 0 Å². The van der Waals surface area contributed by atoms with Crippen molar-refractivity contribution in [1.82, 2.24) is 10.2 Å².